The van der Waals surface area contributed by atoms with Crippen LogP contribution in [0.5, 0.6) is 11.5 Å². The lowest BCUT2D eigenvalue weighted by Crippen LogP contribution is -2.08. The zero-order chi connectivity index (χ0) is 17.7. The largest absolute Gasteiger partial charge is 0.422 e. The van der Waals surface area contributed by atoms with Crippen LogP contribution < -0.4 is 9.47 Å². The molecule has 0 fully saturated rings. The van der Waals surface area contributed by atoms with Gasteiger partial charge in [0.2, 0.25) is 0 Å². The molecule has 0 aliphatic heterocycles. The molecule has 0 aliphatic rings. The number of rotatable bonds is 4. The normalized spacial score (nSPS) is 10.7. The average Bonchev–Trinajstić information content (AvgIpc) is 2.51. The second-order valence-electron chi connectivity index (χ2n) is 4.33. The van der Waals surface area contributed by atoms with Gasteiger partial charge in [0.25, 0.3) is 0 Å². The van der Waals surface area contributed by atoms with Crippen molar-refractivity contribution in [3.05, 3.63) is 68.6 Å². The molecule has 2 aromatic carbocycles. The molecule has 0 atom stereocenters. The highest BCUT2D eigenvalue weighted by molar-refractivity contribution is 6.36. The van der Waals surface area contributed by atoms with E-state index in [9.17, 15) is 9.59 Å². The van der Waals surface area contributed by atoms with Crippen LogP contribution in [0.3, 0.4) is 0 Å². The predicted molar refractivity (Wildman–Crippen MR) is 93.3 cm³/mol. The standard InChI is InChI=1S/C16H8Cl4O4/c17-9-1-3-13(11(19)7-9)23-15(21)5-6-16(22)24-14-4-2-10(18)8-12(14)20/h1-8H/b6-5-. The Morgan fingerprint density at radius 1 is 0.708 bits per heavy atom. The summed E-state index contributed by atoms with van der Waals surface area (Å²) in [5, 5.41) is 1.14. The molecule has 0 amide bonds. The minimum absolute atomic E-state index is 0.116. The van der Waals surface area contributed by atoms with Crippen LogP contribution in [0.1, 0.15) is 0 Å². The first-order chi connectivity index (χ1) is 11.3. The number of ether oxygens (including phenoxy) is 2. The van der Waals surface area contributed by atoms with Gasteiger partial charge in [0.05, 0.1) is 10.0 Å². The molecule has 24 heavy (non-hydrogen) atoms. The first-order valence-electron chi connectivity index (χ1n) is 6.37. The zero-order valence-corrected chi connectivity index (χ0v) is 14.8. The first kappa shape index (κ1) is 18.6. The van der Waals surface area contributed by atoms with Crippen LogP contribution in [-0.4, -0.2) is 11.9 Å². The van der Waals surface area contributed by atoms with E-state index in [1.165, 1.54) is 36.4 Å². The molecule has 8 heteroatoms. The minimum Gasteiger partial charge on any atom is -0.422 e. The molecule has 0 aliphatic carbocycles. The van der Waals surface area contributed by atoms with E-state index in [4.69, 9.17) is 55.9 Å². The van der Waals surface area contributed by atoms with E-state index < -0.39 is 11.9 Å². The highest BCUT2D eigenvalue weighted by Gasteiger charge is 2.09. The van der Waals surface area contributed by atoms with Crippen molar-refractivity contribution in [1.29, 1.82) is 0 Å². The number of carbonyl (C=O) groups excluding carboxylic acids is 2. The summed E-state index contributed by atoms with van der Waals surface area (Å²) in [5.41, 5.74) is 0. The molecule has 0 spiro atoms. The Labute approximate surface area is 157 Å². The molecule has 0 saturated heterocycles. The molecule has 4 nitrogen and oxygen atoms in total. The lowest BCUT2D eigenvalue weighted by Gasteiger charge is -2.05. The summed E-state index contributed by atoms with van der Waals surface area (Å²) in [6.07, 6.45) is 1.80. The maximum absolute atomic E-state index is 11.7. The molecule has 0 N–H and O–H groups in total. The Hall–Kier alpha value is -1.72. The summed E-state index contributed by atoms with van der Waals surface area (Å²) in [6.45, 7) is 0. The van der Waals surface area contributed by atoms with Crippen molar-refractivity contribution in [2.24, 2.45) is 0 Å². The molecule has 0 heterocycles. The number of halogens is 4. The van der Waals surface area contributed by atoms with Gasteiger partial charge in [0.15, 0.2) is 0 Å². The Bertz CT molecular complexity index is 750. The van der Waals surface area contributed by atoms with Gasteiger partial charge in [-0.25, -0.2) is 9.59 Å². The second-order valence-corrected chi connectivity index (χ2v) is 6.01. The molecule has 0 bridgehead atoms. The summed E-state index contributed by atoms with van der Waals surface area (Å²) < 4.78 is 9.95. The van der Waals surface area contributed by atoms with E-state index in [0.29, 0.717) is 10.0 Å². The fourth-order valence-corrected chi connectivity index (χ4v) is 2.43. The van der Waals surface area contributed by atoms with Crippen molar-refractivity contribution < 1.29 is 19.1 Å². The van der Waals surface area contributed by atoms with Gasteiger partial charge in [-0.1, -0.05) is 46.4 Å². The van der Waals surface area contributed by atoms with Gasteiger partial charge in [-0.05, 0) is 36.4 Å². The van der Waals surface area contributed by atoms with Crippen molar-refractivity contribution in [3.63, 3.8) is 0 Å². The molecule has 124 valence electrons. The number of hydrogen-bond donors (Lipinski definition) is 0. The number of carbonyl (C=O) groups is 2. The van der Waals surface area contributed by atoms with E-state index in [-0.39, 0.29) is 21.5 Å². The van der Waals surface area contributed by atoms with Crippen LogP contribution >= 0.6 is 46.4 Å². The summed E-state index contributed by atoms with van der Waals surface area (Å²) in [4.78, 5) is 23.3. The van der Waals surface area contributed by atoms with Crippen LogP contribution in [0.2, 0.25) is 20.1 Å². The molecule has 0 radical (unpaired) electrons. The van der Waals surface area contributed by atoms with E-state index in [2.05, 4.69) is 0 Å². The van der Waals surface area contributed by atoms with Gasteiger partial charge in [-0.2, -0.15) is 0 Å². The van der Waals surface area contributed by atoms with Crippen molar-refractivity contribution in [3.8, 4) is 11.5 Å². The third-order valence-corrected chi connectivity index (χ3v) is 3.63. The topological polar surface area (TPSA) is 52.6 Å². The van der Waals surface area contributed by atoms with Crippen molar-refractivity contribution in [2.45, 2.75) is 0 Å². The Kier molecular flexibility index (Phi) is 6.52. The molecule has 0 saturated carbocycles. The summed E-state index contributed by atoms with van der Waals surface area (Å²) in [6, 6.07) is 8.73. The van der Waals surface area contributed by atoms with Gasteiger partial charge in [-0.15, -0.1) is 0 Å². The SMILES string of the molecule is O=C(/C=C\C(=O)Oc1ccc(Cl)cc1Cl)Oc1ccc(Cl)cc1Cl. The maximum atomic E-state index is 11.7. The van der Waals surface area contributed by atoms with Crippen molar-refractivity contribution >= 4 is 58.3 Å². The Morgan fingerprint density at radius 3 is 1.42 bits per heavy atom. The van der Waals surface area contributed by atoms with Gasteiger partial charge in [-0.3, -0.25) is 0 Å². The first-order valence-corrected chi connectivity index (χ1v) is 7.88. The van der Waals surface area contributed by atoms with Gasteiger partial charge >= 0.3 is 11.9 Å². The van der Waals surface area contributed by atoms with Gasteiger partial charge in [0, 0.05) is 22.2 Å². The molecule has 0 unspecified atom stereocenters. The van der Waals surface area contributed by atoms with Crippen LogP contribution in [0.4, 0.5) is 0 Å². The van der Waals surface area contributed by atoms with Gasteiger partial charge < -0.3 is 9.47 Å². The zero-order valence-electron chi connectivity index (χ0n) is 11.8. The number of esters is 2. The average molecular weight is 406 g/mol. The van der Waals surface area contributed by atoms with E-state index >= 15 is 0 Å². The summed E-state index contributed by atoms with van der Waals surface area (Å²) in [5.74, 6) is -1.38. The lowest BCUT2D eigenvalue weighted by atomic mass is 10.3. The lowest BCUT2D eigenvalue weighted by molar-refractivity contribution is -0.131. The van der Waals surface area contributed by atoms with Crippen LogP contribution in [0.15, 0.2) is 48.6 Å². The predicted octanol–water partition coefficient (Wildman–Crippen LogP) is 5.37. The maximum Gasteiger partial charge on any atom is 0.336 e. The second kappa shape index (κ2) is 8.40. The molecule has 0 aromatic heterocycles. The van der Waals surface area contributed by atoms with E-state index in [0.717, 1.165) is 12.2 Å². The van der Waals surface area contributed by atoms with Crippen molar-refractivity contribution in [2.75, 3.05) is 0 Å². The summed E-state index contributed by atoms with van der Waals surface area (Å²) in [7, 11) is 0. The third kappa shape index (κ3) is 5.42. The van der Waals surface area contributed by atoms with Crippen LogP contribution in [-0.2, 0) is 9.59 Å². The fourth-order valence-electron chi connectivity index (χ4n) is 1.54. The molecule has 2 rings (SSSR count). The van der Waals surface area contributed by atoms with Crippen LogP contribution in [0, 0.1) is 0 Å². The highest BCUT2D eigenvalue weighted by Crippen LogP contribution is 2.28. The Balaban J connectivity index is 1.96. The van der Waals surface area contributed by atoms with E-state index in [1.807, 2.05) is 0 Å². The van der Waals surface area contributed by atoms with Crippen LogP contribution in [0.25, 0.3) is 0 Å². The molecule has 2 aromatic rings. The van der Waals surface area contributed by atoms with Crippen molar-refractivity contribution in [1.82, 2.24) is 0 Å². The smallest absolute Gasteiger partial charge is 0.336 e. The van der Waals surface area contributed by atoms with Gasteiger partial charge in [0.1, 0.15) is 11.5 Å². The summed E-state index contributed by atoms with van der Waals surface area (Å²) >= 11 is 23.2. The third-order valence-electron chi connectivity index (χ3n) is 2.56. The van der Waals surface area contributed by atoms with E-state index in [1.54, 1.807) is 0 Å². The molecular weight excluding hydrogens is 398 g/mol. The Morgan fingerprint density at radius 2 is 1.08 bits per heavy atom. The fraction of sp³-hybridized carbons (Fsp3) is 0. The quantitative estimate of drug-likeness (QED) is 0.390. The highest BCUT2D eigenvalue weighted by atomic mass is 35.5. The number of hydrogen-bond acceptors (Lipinski definition) is 4. The monoisotopic (exact) mass is 404 g/mol. The molecular formula is C16H8Cl4O4. The number of benzene rings is 2. The minimum atomic E-state index is -0.807.